The number of pyridine rings is 1. The Balaban J connectivity index is 2.01. The van der Waals surface area contributed by atoms with Crippen molar-refractivity contribution in [2.24, 2.45) is 0 Å². The SMILES string of the molecule is CC(CCc1ccccc1)Nc1nc(Cl)ccc1[N+](=O)[O-]. The number of benzene rings is 1. The highest BCUT2D eigenvalue weighted by Gasteiger charge is 2.17. The summed E-state index contributed by atoms with van der Waals surface area (Å²) in [5, 5.41) is 14.3. The zero-order valence-electron chi connectivity index (χ0n) is 11.6. The van der Waals surface area contributed by atoms with E-state index in [9.17, 15) is 10.1 Å². The van der Waals surface area contributed by atoms with Gasteiger partial charge in [0.15, 0.2) is 0 Å². The molecule has 0 amide bonds. The minimum Gasteiger partial charge on any atom is -0.362 e. The number of nitrogens with zero attached hydrogens (tertiary/aromatic N) is 2. The molecule has 2 aromatic rings. The monoisotopic (exact) mass is 305 g/mol. The number of aromatic nitrogens is 1. The van der Waals surface area contributed by atoms with E-state index in [0.29, 0.717) is 0 Å². The molecule has 1 unspecified atom stereocenters. The van der Waals surface area contributed by atoms with Crippen LogP contribution >= 0.6 is 11.6 Å². The summed E-state index contributed by atoms with van der Waals surface area (Å²) in [4.78, 5) is 14.5. The van der Waals surface area contributed by atoms with Crippen molar-refractivity contribution in [3.63, 3.8) is 0 Å². The summed E-state index contributed by atoms with van der Waals surface area (Å²) in [6, 6.07) is 12.9. The zero-order chi connectivity index (χ0) is 15.2. The highest BCUT2D eigenvalue weighted by Crippen LogP contribution is 2.25. The predicted molar refractivity (Wildman–Crippen MR) is 83.7 cm³/mol. The highest BCUT2D eigenvalue weighted by molar-refractivity contribution is 6.29. The summed E-state index contributed by atoms with van der Waals surface area (Å²) in [5.41, 5.74) is 1.17. The van der Waals surface area contributed by atoms with Crippen LogP contribution in [0.2, 0.25) is 5.15 Å². The third-order valence-corrected chi connectivity index (χ3v) is 3.34. The molecule has 1 aromatic carbocycles. The Bertz CT molecular complexity index is 620. The van der Waals surface area contributed by atoms with Crippen molar-refractivity contribution in [2.45, 2.75) is 25.8 Å². The molecule has 0 spiro atoms. The summed E-state index contributed by atoms with van der Waals surface area (Å²) >= 11 is 5.80. The van der Waals surface area contributed by atoms with Crippen LogP contribution in [0.5, 0.6) is 0 Å². The van der Waals surface area contributed by atoms with Crippen molar-refractivity contribution >= 4 is 23.1 Å². The topological polar surface area (TPSA) is 68.1 Å². The van der Waals surface area contributed by atoms with Crippen molar-refractivity contribution in [1.29, 1.82) is 0 Å². The van der Waals surface area contributed by atoms with Gasteiger partial charge in [0.2, 0.25) is 5.82 Å². The van der Waals surface area contributed by atoms with E-state index in [0.717, 1.165) is 12.8 Å². The fourth-order valence-electron chi connectivity index (χ4n) is 2.01. The van der Waals surface area contributed by atoms with Crippen molar-refractivity contribution < 1.29 is 4.92 Å². The number of halogens is 1. The zero-order valence-corrected chi connectivity index (χ0v) is 12.4. The molecule has 0 radical (unpaired) electrons. The number of anilines is 1. The quantitative estimate of drug-likeness (QED) is 0.496. The van der Waals surface area contributed by atoms with Gasteiger partial charge in [-0.2, -0.15) is 0 Å². The second kappa shape index (κ2) is 7.04. The lowest BCUT2D eigenvalue weighted by atomic mass is 10.1. The first-order chi connectivity index (χ1) is 10.1. The summed E-state index contributed by atoms with van der Waals surface area (Å²) in [7, 11) is 0. The number of hydrogen-bond acceptors (Lipinski definition) is 4. The molecule has 0 saturated heterocycles. The molecule has 0 aliphatic heterocycles. The van der Waals surface area contributed by atoms with E-state index >= 15 is 0 Å². The van der Waals surface area contributed by atoms with E-state index in [-0.39, 0.29) is 22.7 Å². The molecule has 6 heteroatoms. The van der Waals surface area contributed by atoms with E-state index in [4.69, 9.17) is 11.6 Å². The van der Waals surface area contributed by atoms with Gasteiger partial charge in [-0.3, -0.25) is 10.1 Å². The molecule has 2 rings (SSSR count). The summed E-state index contributed by atoms with van der Waals surface area (Å²) < 4.78 is 0. The van der Waals surface area contributed by atoms with E-state index in [1.807, 2.05) is 25.1 Å². The van der Waals surface area contributed by atoms with Crippen LogP contribution in [-0.4, -0.2) is 15.9 Å². The van der Waals surface area contributed by atoms with Gasteiger partial charge in [-0.15, -0.1) is 0 Å². The lowest BCUT2D eigenvalue weighted by Gasteiger charge is -2.14. The second-order valence-electron chi connectivity index (χ2n) is 4.83. The van der Waals surface area contributed by atoms with Crippen LogP contribution in [0.1, 0.15) is 18.9 Å². The molecule has 21 heavy (non-hydrogen) atoms. The van der Waals surface area contributed by atoms with Crippen LogP contribution in [0.15, 0.2) is 42.5 Å². The Labute approximate surface area is 128 Å². The molecule has 0 aliphatic rings. The highest BCUT2D eigenvalue weighted by atomic mass is 35.5. The van der Waals surface area contributed by atoms with E-state index in [2.05, 4.69) is 22.4 Å². The largest absolute Gasteiger partial charge is 0.362 e. The van der Waals surface area contributed by atoms with Crippen LogP contribution in [0.3, 0.4) is 0 Å². The first-order valence-corrected chi connectivity index (χ1v) is 7.05. The molecule has 0 bridgehead atoms. The third kappa shape index (κ3) is 4.43. The van der Waals surface area contributed by atoms with Crippen LogP contribution in [-0.2, 0) is 6.42 Å². The Hall–Kier alpha value is -2.14. The maximum atomic E-state index is 11.0. The summed E-state index contributed by atoms with van der Waals surface area (Å²) in [5.74, 6) is 0.216. The number of rotatable bonds is 6. The van der Waals surface area contributed by atoms with Crippen LogP contribution in [0, 0.1) is 10.1 Å². The summed E-state index contributed by atoms with van der Waals surface area (Å²) in [6.07, 6.45) is 1.73. The average Bonchev–Trinajstić information content (AvgIpc) is 2.46. The normalized spacial score (nSPS) is 11.9. The lowest BCUT2D eigenvalue weighted by molar-refractivity contribution is -0.384. The van der Waals surface area contributed by atoms with Crippen molar-refractivity contribution in [3.8, 4) is 0 Å². The molecule has 0 aliphatic carbocycles. The van der Waals surface area contributed by atoms with Crippen molar-refractivity contribution in [2.75, 3.05) is 5.32 Å². The van der Waals surface area contributed by atoms with Gasteiger partial charge in [-0.1, -0.05) is 41.9 Å². The lowest BCUT2D eigenvalue weighted by Crippen LogP contribution is -2.18. The Kier molecular flexibility index (Phi) is 5.11. The van der Waals surface area contributed by atoms with Gasteiger partial charge < -0.3 is 5.32 Å². The van der Waals surface area contributed by atoms with E-state index < -0.39 is 4.92 Å². The van der Waals surface area contributed by atoms with Gasteiger partial charge in [-0.05, 0) is 31.4 Å². The maximum Gasteiger partial charge on any atom is 0.311 e. The van der Waals surface area contributed by atoms with Gasteiger partial charge in [-0.25, -0.2) is 4.98 Å². The predicted octanol–water partition coefficient (Wildman–Crippen LogP) is 4.08. The Morgan fingerprint density at radius 2 is 2.00 bits per heavy atom. The van der Waals surface area contributed by atoms with E-state index in [1.54, 1.807) is 0 Å². The standard InChI is InChI=1S/C15H16ClN3O2/c1-11(7-8-12-5-3-2-4-6-12)17-15-13(19(20)21)9-10-14(16)18-15/h2-6,9-11H,7-8H2,1H3,(H,17,18). The number of hydrogen-bond donors (Lipinski definition) is 1. The smallest absolute Gasteiger partial charge is 0.311 e. The van der Waals surface area contributed by atoms with Gasteiger partial charge in [0.1, 0.15) is 5.15 Å². The minimum atomic E-state index is -0.463. The molecular formula is C15H16ClN3O2. The molecule has 1 aromatic heterocycles. The van der Waals surface area contributed by atoms with Crippen LogP contribution in [0.4, 0.5) is 11.5 Å². The maximum absolute atomic E-state index is 11.0. The molecule has 1 atom stereocenters. The first kappa shape index (κ1) is 15.3. The van der Waals surface area contributed by atoms with Crippen molar-refractivity contribution in [3.05, 3.63) is 63.3 Å². The molecule has 1 heterocycles. The molecule has 0 fully saturated rings. The first-order valence-electron chi connectivity index (χ1n) is 6.67. The van der Waals surface area contributed by atoms with Gasteiger partial charge in [0.25, 0.3) is 0 Å². The third-order valence-electron chi connectivity index (χ3n) is 3.13. The fraction of sp³-hybridized carbons (Fsp3) is 0.267. The number of nitro groups is 1. The Morgan fingerprint density at radius 1 is 1.29 bits per heavy atom. The van der Waals surface area contributed by atoms with Crippen molar-refractivity contribution in [1.82, 2.24) is 4.98 Å². The van der Waals surface area contributed by atoms with Crippen LogP contribution < -0.4 is 5.32 Å². The Morgan fingerprint density at radius 3 is 2.67 bits per heavy atom. The van der Waals surface area contributed by atoms with Gasteiger partial charge >= 0.3 is 5.69 Å². The molecule has 0 saturated carbocycles. The molecule has 110 valence electrons. The minimum absolute atomic E-state index is 0.0508. The molecule has 5 nitrogen and oxygen atoms in total. The average molecular weight is 306 g/mol. The van der Waals surface area contributed by atoms with Gasteiger partial charge in [0, 0.05) is 12.1 Å². The summed E-state index contributed by atoms with van der Waals surface area (Å²) in [6.45, 7) is 1.97. The number of aryl methyl sites for hydroxylation is 1. The van der Waals surface area contributed by atoms with Crippen LogP contribution in [0.25, 0.3) is 0 Å². The molecular weight excluding hydrogens is 290 g/mol. The van der Waals surface area contributed by atoms with Gasteiger partial charge in [0.05, 0.1) is 4.92 Å². The number of nitrogens with one attached hydrogen (secondary N) is 1. The second-order valence-corrected chi connectivity index (χ2v) is 5.22. The fourth-order valence-corrected chi connectivity index (χ4v) is 2.16. The molecule has 1 N–H and O–H groups in total. The van der Waals surface area contributed by atoms with E-state index in [1.165, 1.54) is 17.7 Å².